The molecule has 2 N–H and O–H groups in total. The third-order valence-corrected chi connectivity index (χ3v) is 3.53. The molecule has 0 unspecified atom stereocenters. The highest BCUT2D eigenvalue weighted by Crippen LogP contribution is 2.29. The Kier molecular flexibility index (Phi) is 4.48. The number of alkyl halides is 2. The first-order valence-electron chi connectivity index (χ1n) is 6.52. The molecular formula is C13H16F3N3O2. The molecule has 8 heteroatoms. The van der Waals surface area contributed by atoms with Gasteiger partial charge in [0.25, 0.3) is 5.92 Å². The minimum absolute atomic E-state index is 0.00942. The van der Waals surface area contributed by atoms with Crippen LogP contribution < -0.4 is 5.32 Å². The average molecular weight is 303 g/mol. The maximum atomic E-state index is 13.2. The van der Waals surface area contributed by atoms with Gasteiger partial charge in [0.2, 0.25) is 5.91 Å². The predicted molar refractivity (Wildman–Crippen MR) is 69.4 cm³/mol. The lowest BCUT2D eigenvalue weighted by molar-refractivity contribution is -0.155. The van der Waals surface area contributed by atoms with E-state index in [1.165, 1.54) is 11.0 Å². The number of aliphatic hydroxyl groups is 1. The van der Waals surface area contributed by atoms with Crippen LogP contribution in [0.15, 0.2) is 18.3 Å². The summed E-state index contributed by atoms with van der Waals surface area (Å²) in [6.45, 7) is 1.28. The number of aromatic nitrogens is 1. The highest BCUT2D eigenvalue weighted by molar-refractivity contribution is 5.93. The quantitative estimate of drug-likeness (QED) is 0.882. The second-order valence-electron chi connectivity index (χ2n) is 5.05. The molecule has 116 valence electrons. The van der Waals surface area contributed by atoms with Crippen molar-refractivity contribution in [3.05, 3.63) is 24.1 Å². The van der Waals surface area contributed by atoms with Crippen molar-refractivity contribution in [1.29, 1.82) is 0 Å². The van der Waals surface area contributed by atoms with Gasteiger partial charge < -0.3 is 10.4 Å². The Labute approximate surface area is 119 Å². The molecule has 0 aliphatic carbocycles. The summed E-state index contributed by atoms with van der Waals surface area (Å²) in [5.74, 6) is -3.92. The fourth-order valence-corrected chi connectivity index (χ4v) is 2.10. The maximum Gasteiger partial charge on any atom is 0.275 e. The molecule has 0 saturated carbocycles. The number of rotatable bonds is 3. The van der Waals surface area contributed by atoms with Crippen LogP contribution in [0.25, 0.3) is 0 Å². The van der Waals surface area contributed by atoms with Crippen LogP contribution in [0.5, 0.6) is 0 Å². The molecule has 1 amide bonds. The first-order chi connectivity index (χ1) is 9.79. The number of anilines is 1. The van der Waals surface area contributed by atoms with E-state index in [1.807, 2.05) is 0 Å². The summed E-state index contributed by atoms with van der Waals surface area (Å²) < 4.78 is 39.1. The van der Waals surface area contributed by atoms with Crippen molar-refractivity contribution in [3.63, 3.8) is 0 Å². The van der Waals surface area contributed by atoms with Crippen LogP contribution in [0.2, 0.25) is 0 Å². The zero-order valence-corrected chi connectivity index (χ0v) is 11.4. The number of hydrogen-bond acceptors (Lipinski definition) is 4. The SMILES string of the molecule is C[C@@H](C(=O)Nc1ccc(F)cn1)N1CCC(F)(F)[C@@H](O)C1. The van der Waals surface area contributed by atoms with Crippen LogP contribution in [-0.4, -0.2) is 52.1 Å². The number of pyridine rings is 1. The Morgan fingerprint density at radius 1 is 1.57 bits per heavy atom. The van der Waals surface area contributed by atoms with E-state index >= 15 is 0 Å². The van der Waals surface area contributed by atoms with Crippen LogP contribution in [0.1, 0.15) is 13.3 Å². The minimum Gasteiger partial charge on any atom is -0.386 e. The minimum atomic E-state index is -3.12. The second kappa shape index (κ2) is 5.98. The summed E-state index contributed by atoms with van der Waals surface area (Å²) in [7, 11) is 0. The average Bonchev–Trinajstić information content (AvgIpc) is 2.43. The van der Waals surface area contributed by atoms with E-state index in [-0.39, 0.29) is 18.9 Å². The van der Waals surface area contributed by atoms with Gasteiger partial charge in [0.1, 0.15) is 17.7 Å². The summed E-state index contributed by atoms with van der Waals surface area (Å²) in [6, 6.07) is 1.75. The van der Waals surface area contributed by atoms with E-state index in [1.54, 1.807) is 6.92 Å². The largest absolute Gasteiger partial charge is 0.386 e. The van der Waals surface area contributed by atoms with E-state index in [0.717, 1.165) is 12.3 Å². The Morgan fingerprint density at radius 2 is 2.29 bits per heavy atom. The molecule has 1 aromatic heterocycles. The zero-order chi connectivity index (χ0) is 15.6. The maximum absolute atomic E-state index is 13.2. The standard InChI is InChI=1S/C13H16F3N3O2/c1-8(19-5-4-13(15,16)10(20)7-19)12(21)18-11-3-2-9(14)6-17-11/h2-3,6,8,10,20H,4-5,7H2,1H3,(H,17,18,21)/t8-,10-/m0/s1. The van der Waals surface area contributed by atoms with Gasteiger partial charge in [-0.3, -0.25) is 9.69 Å². The zero-order valence-electron chi connectivity index (χ0n) is 11.4. The van der Waals surface area contributed by atoms with E-state index in [9.17, 15) is 23.1 Å². The van der Waals surface area contributed by atoms with Crippen molar-refractivity contribution in [3.8, 4) is 0 Å². The first-order valence-corrected chi connectivity index (χ1v) is 6.52. The lowest BCUT2D eigenvalue weighted by Gasteiger charge is -2.38. The van der Waals surface area contributed by atoms with Gasteiger partial charge in [-0.2, -0.15) is 0 Å². The number of likely N-dealkylation sites (tertiary alicyclic amines) is 1. The number of hydrogen-bond donors (Lipinski definition) is 2. The van der Waals surface area contributed by atoms with E-state index in [2.05, 4.69) is 10.3 Å². The smallest absolute Gasteiger partial charge is 0.275 e. The summed E-state index contributed by atoms with van der Waals surface area (Å²) >= 11 is 0. The molecule has 1 aliphatic rings. The Hall–Kier alpha value is -1.67. The monoisotopic (exact) mass is 303 g/mol. The molecule has 2 heterocycles. The van der Waals surface area contributed by atoms with Crippen LogP contribution in [0.3, 0.4) is 0 Å². The fraction of sp³-hybridized carbons (Fsp3) is 0.538. The Bertz CT molecular complexity index is 510. The van der Waals surface area contributed by atoms with Crippen molar-refractivity contribution in [2.24, 2.45) is 0 Å². The number of nitrogens with one attached hydrogen (secondary N) is 1. The molecule has 21 heavy (non-hydrogen) atoms. The molecule has 0 radical (unpaired) electrons. The van der Waals surface area contributed by atoms with Gasteiger partial charge in [-0.05, 0) is 19.1 Å². The topological polar surface area (TPSA) is 65.5 Å². The molecular weight excluding hydrogens is 287 g/mol. The highest BCUT2D eigenvalue weighted by Gasteiger charge is 2.44. The third kappa shape index (κ3) is 3.70. The van der Waals surface area contributed by atoms with Crippen molar-refractivity contribution in [2.75, 3.05) is 18.4 Å². The normalized spacial score (nSPS) is 23.6. The van der Waals surface area contributed by atoms with Gasteiger partial charge in [-0.25, -0.2) is 18.2 Å². The molecule has 5 nitrogen and oxygen atoms in total. The summed E-state index contributed by atoms with van der Waals surface area (Å²) in [4.78, 5) is 17.2. The Morgan fingerprint density at radius 3 is 2.86 bits per heavy atom. The molecule has 2 rings (SSSR count). The molecule has 1 aromatic rings. The molecule has 1 saturated heterocycles. The van der Waals surface area contributed by atoms with Gasteiger partial charge in [0.15, 0.2) is 0 Å². The van der Waals surface area contributed by atoms with Crippen LogP contribution in [0, 0.1) is 5.82 Å². The summed E-state index contributed by atoms with van der Waals surface area (Å²) in [6.07, 6.45) is -1.32. The number of nitrogens with zero attached hydrogens (tertiary/aromatic N) is 2. The number of carbonyl (C=O) groups excluding carboxylic acids is 1. The number of amides is 1. The van der Waals surface area contributed by atoms with Crippen LogP contribution in [0.4, 0.5) is 19.0 Å². The van der Waals surface area contributed by atoms with E-state index < -0.39 is 36.2 Å². The lowest BCUT2D eigenvalue weighted by Crippen LogP contribution is -2.55. The van der Waals surface area contributed by atoms with Crippen molar-refractivity contribution in [2.45, 2.75) is 31.4 Å². The van der Waals surface area contributed by atoms with Gasteiger partial charge in [-0.15, -0.1) is 0 Å². The molecule has 2 atom stereocenters. The molecule has 1 fully saturated rings. The van der Waals surface area contributed by atoms with Crippen LogP contribution in [-0.2, 0) is 4.79 Å². The number of aliphatic hydroxyl groups excluding tert-OH is 1. The van der Waals surface area contributed by atoms with Crippen LogP contribution >= 0.6 is 0 Å². The van der Waals surface area contributed by atoms with E-state index in [4.69, 9.17) is 0 Å². The number of piperidine rings is 1. The summed E-state index contributed by atoms with van der Waals surface area (Å²) in [5, 5.41) is 11.9. The third-order valence-electron chi connectivity index (χ3n) is 3.53. The Balaban J connectivity index is 1.95. The van der Waals surface area contributed by atoms with Gasteiger partial charge >= 0.3 is 0 Å². The molecule has 0 spiro atoms. The van der Waals surface area contributed by atoms with Gasteiger partial charge in [-0.1, -0.05) is 0 Å². The first kappa shape index (κ1) is 15.7. The fourth-order valence-electron chi connectivity index (χ4n) is 2.10. The highest BCUT2D eigenvalue weighted by atomic mass is 19.3. The molecule has 0 bridgehead atoms. The number of carbonyl (C=O) groups is 1. The lowest BCUT2D eigenvalue weighted by atomic mass is 10.0. The number of β-amino-alcohol motifs (C(OH)–C–C–N with tert-alkyl or cyclic N) is 1. The molecule has 0 aromatic carbocycles. The van der Waals surface area contributed by atoms with Gasteiger partial charge in [0, 0.05) is 19.5 Å². The number of halogens is 3. The van der Waals surface area contributed by atoms with Crippen molar-refractivity contribution < 1.29 is 23.1 Å². The predicted octanol–water partition coefficient (Wildman–Crippen LogP) is 1.25. The van der Waals surface area contributed by atoms with E-state index in [0.29, 0.717) is 0 Å². The van der Waals surface area contributed by atoms with Crippen molar-refractivity contribution in [1.82, 2.24) is 9.88 Å². The second-order valence-corrected chi connectivity index (χ2v) is 5.05. The van der Waals surface area contributed by atoms with Gasteiger partial charge in [0.05, 0.1) is 12.2 Å². The molecule has 1 aliphatic heterocycles. The summed E-state index contributed by atoms with van der Waals surface area (Å²) in [5.41, 5.74) is 0. The van der Waals surface area contributed by atoms with Crippen molar-refractivity contribution >= 4 is 11.7 Å².